The quantitative estimate of drug-likeness (QED) is 0.382. The molecule has 2 atom stereocenters. The summed E-state index contributed by atoms with van der Waals surface area (Å²) < 4.78 is 0. The van der Waals surface area contributed by atoms with Crippen LogP contribution in [0.15, 0.2) is 60.7 Å². The molecule has 1 heterocycles. The van der Waals surface area contributed by atoms with Crippen LogP contribution in [0.1, 0.15) is 50.2 Å². The maximum atomic E-state index is 13.5. The summed E-state index contributed by atoms with van der Waals surface area (Å²) >= 11 is 0. The van der Waals surface area contributed by atoms with Crippen LogP contribution in [-0.2, 0) is 22.7 Å². The number of carbonyl (C=O) groups excluding carboxylic acids is 3. The first-order valence-corrected chi connectivity index (χ1v) is 11.8. The highest BCUT2D eigenvalue weighted by Crippen LogP contribution is 2.27. The fraction of sp³-hybridized carbons (Fsp3) is 0.423. The van der Waals surface area contributed by atoms with Crippen LogP contribution in [-0.4, -0.2) is 46.3 Å². The number of rotatable bonds is 12. The molecular weight excluding hydrogens is 416 g/mol. The smallest absolute Gasteiger partial charge is 0.328 e. The Morgan fingerprint density at radius 3 is 2.24 bits per heavy atom. The summed E-state index contributed by atoms with van der Waals surface area (Å²) in [7, 11) is 0. The number of nitrogens with one attached hydrogen (secondary N) is 1. The van der Waals surface area contributed by atoms with Gasteiger partial charge in [0.25, 0.3) is 5.91 Å². The van der Waals surface area contributed by atoms with Gasteiger partial charge in [0.15, 0.2) is 0 Å². The molecule has 1 fully saturated rings. The van der Waals surface area contributed by atoms with Crippen molar-refractivity contribution < 1.29 is 14.4 Å². The number of nitrogens with two attached hydrogens (primary N) is 1. The number of urea groups is 1. The SMILES string of the molecule is CCC[C@@H](C(=O)NCc1ccccc1)N1C(=O)[C@@H](CCCCN)N(Cc2ccccc2)C1=O. The summed E-state index contributed by atoms with van der Waals surface area (Å²) in [6, 6.07) is 17.4. The summed E-state index contributed by atoms with van der Waals surface area (Å²) in [4.78, 5) is 42.9. The van der Waals surface area contributed by atoms with Crippen LogP contribution in [0.5, 0.6) is 0 Å². The molecule has 7 heteroatoms. The maximum absolute atomic E-state index is 13.5. The number of hydrogen-bond donors (Lipinski definition) is 2. The van der Waals surface area contributed by atoms with E-state index in [4.69, 9.17) is 5.73 Å². The van der Waals surface area contributed by atoms with Gasteiger partial charge in [0.1, 0.15) is 12.1 Å². The number of benzene rings is 2. The first-order chi connectivity index (χ1) is 16.1. The number of carbonyl (C=O) groups is 3. The van der Waals surface area contributed by atoms with Gasteiger partial charge in [0.2, 0.25) is 5.91 Å². The fourth-order valence-corrected chi connectivity index (χ4v) is 4.22. The lowest BCUT2D eigenvalue weighted by Gasteiger charge is -2.25. The molecule has 0 spiro atoms. The monoisotopic (exact) mass is 450 g/mol. The molecular formula is C26H34N4O3. The zero-order valence-electron chi connectivity index (χ0n) is 19.3. The maximum Gasteiger partial charge on any atom is 0.328 e. The molecule has 0 radical (unpaired) electrons. The van der Waals surface area contributed by atoms with E-state index in [-0.39, 0.29) is 11.8 Å². The normalized spacial score (nSPS) is 16.8. The van der Waals surface area contributed by atoms with Crippen molar-refractivity contribution in [3.63, 3.8) is 0 Å². The van der Waals surface area contributed by atoms with Crippen molar-refractivity contribution in [1.29, 1.82) is 0 Å². The van der Waals surface area contributed by atoms with Crippen LogP contribution in [0.25, 0.3) is 0 Å². The predicted molar refractivity (Wildman–Crippen MR) is 128 cm³/mol. The van der Waals surface area contributed by atoms with E-state index < -0.39 is 18.1 Å². The van der Waals surface area contributed by atoms with Gasteiger partial charge < -0.3 is 16.0 Å². The summed E-state index contributed by atoms with van der Waals surface area (Å²) in [6.45, 7) is 3.17. The molecule has 1 aliphatic rings. The lowest BCUT2D eigenvalue weighted by Crippen LogP contribution is -2.50. The van der Waals surface area contributed by atoms with Gasteiger partial charge in [-0.05, 0) is 43.4 Å². The summed E-state index contributed by atoms with van der Waals surface area (Å²) in [5.41, 5.74) is 7.55. The van der Waals surface area contributed by atoms with Gasteiger partial charge >= 0.3 is 6.03 Å². The predicted octanol–water partition coefficient (Wildman–Crippen LogP) is 3.43. The highest BCUT2D eigenvalue weighted by atomic mass is 16.2. The van der Waals surface area contributed by atoms with Gasteiger partial charge in [0.05, 0.1) is 0 Å². The number of nitrogens with zero attached hydrogens (tertiary/aromatic N) is 2. The third-order valence-electron chi connectivity index (χ3n) is 5.96. The third-order valence-corrected chi connectivity index (χ3v) is 5.96. The van der Waals surface area contributed by atoms with Gasteiger partial charge in [-0.15, -0.1) is 0 Å². The summed E-state index contributed by atoms with van der Waals surface area (Å²) in [5.74, 6) is -0.592. The third kappa shape index (κ3) is 6.20. The first kappa shape index (κ1) is 24.5. The molecule has 0 aromatic heterocycles. The molecule has 1 saturated heterocycles. The number of unbranched alkanes of at least 4 members (excludes halogenated alkanes) is 1. The number of hydrogen-bond acceptors (Lipinski definition) is 4. The average molecular weight is 451 g/mol. The zero-order chi connectivity index (χ0) is 23.6. The van der Waals surface area contributed by atoms with Crippen LogP contribution in [0.3, 0.4) is 0 Å². The van der Waals surface area contributed by atoms with Crippen molar-refractivity contribution in [3.05, 3.63) is 71.8 Å². The summed E-state index contributed by atoms with van der Waals surface area (Å²) in [6.07, 6.45) is 3.17. The Balaban J connectivity index is 1.80. The molecule has 2 aromatic carbocycles. The molecule has 0 saturated carbocycles. The van der Waals surface area contributed by atoms with E-state index in [0.29, 0.717) is 38.9 Å². The molecule has 176 valence electrons. The van der Waals surface area contributed by atoms with Gasteiger partial charge in [-0.2, -0.15) is 0 Å². The Hall–Kier alpha value is -3.19. The second-order valence-corrected chi connectivity index (χ2v) is 8.41. The number of imide groups is 1. The highest BCUT2D eigenvalue weighted by molar-refractivity contribution is 6.07. The van der Waals surface area contributed by atoms with Crippen molar-refractivity contribution in [2.24, 2.45) is 5.73 Å². The Kier molecular flexibility index (Phi) is 9.01. The van der Waals surface area contributed by atoms with Crippen LogP contribution < -0.4 is 11.1 Å². The van der Waals surface area contributed by atoms with Crippen LogP contribution >= 0.6 is 0 Å². The van der Waals surface area contributed by atoms with Gasteiger partial charge in [-0.3, -0.25) is 9.59 Å². The van der Waals surface area contributed by atoms with E-state index in [2.05, 4.69) is 5.32 Å². The van der Waals surface area contributed by atoms with Gasteiger partial charge in [0, 0.05) is 13.1 Å². The standard InChI is InChI=1S/C26H34N4O3/c1-2-11-22(24(31)28-18-20-12-5-3-6-13-20)30-25(32)23(16-9-10-17-27)29(26(30)33)19-21-14-7-4-8-15-21/h3-8,12-15,22-23H,2,9-11,16-19,27H2,1H3,(H,28,31)/t22-,23+/m0/s1. The Morgan fingerprint density at radius 1 is 1.00 bits per heavy atom. The molecule has 0 unspecified atom stereocenters. The molecule has 3 rings (SSSR count). The largest absolute Gasteiger partial charge is 0.350 e. The summed E-state index contributed by atoms with van der Waals surface area (Å²) in [5, 5.41) is 2.91. The molecule has 2 aromatic rings. The molecule has 4 amide bonds. The van der Waals surface area contributed by atoms with Crippen molar-refractivity contribution in [2.45, 2.75) is 64.2 Å². The number of amides is 4. The Bertz CT molecular complexity index is 920. The molecule has 0 bridgehead atoms. The van der Waals surface area contributed by atoms with Crippen LogP contribution in [0.4, 0.5) is 4.79 Å². The minimum atomic E-state index is -0.823. The Labute approximate surface area is 195 Å². The van der Waals surface area contributed by atoms with E-state index in [0.717, 1.165) is 24.0 Å². The minimum absolute atomic E-state index is 0.290. The second-order valence-electron chi connectivity index (χ2n) is 8.41. The van der Waals surface area contributed by atoms with Crippen molar-refractivity contribution in [3.8, 4) is 0 Å². The fourth-order valence-electron chi connectivity index (χ4n) is 4.22. The second kappa shape index (κ2) is 12.2. The minimum Gasteiger partial charge on any atom is -0.350 e. The van der Waals surface area contributed by atoms with Crippen LogP contribution in [0.2, 0.25) is 0 Å². The van der Waals surface area contributed by atoms with E-state index in [9.17, 15) is 14.4 Å². The molecule has 3 N–H and O–H groups in total. The molecule has 7 nitrogen and oxygen atoms in total. The van der Waals surface area contributed by atoms with E-state index in [1.165, 1.54) is 4.90 Å². The van der Waals surface area contributed by atoms with Crippen molar-refractivity contribution >= 4 is 17.8 Å². The lowest BCUT2D eigenvalue weighted by atomic mass is 10.1. The topological polar surface area (TPSA) is 95.7 Å². The van der Waals surface area contributed by atoms with Crippen molar-refractivity contribution in [2.75, 3.05) is 6.54 Å². The average Bonchev–Trinajstić information content (AvgIpc) is 3.06. The Morgan fingerprint density at radius 2 is 1.64 bits per heavy atom. The molecule has 0 aliphatic carbocycles. The van der Waals surface area contributed by atoms with Gasteiger partial charge in [-0.1, -0.05) is 74.0 Å². The van der Waals surface area contributed by atoms with E-state index in [1.54, 1.807) is 4.90 Å². The van der Waals surface area contributed by atoms with E-state index in [1.807, 2.05) is 67.6 Å². The van der Waals surface area contributed by atoms with Crippen molar-refractivity contribution in [1.82, 2.24) is 15.1 Å². The zero-order valence-corrected chi connectivity index (χ0v) is 19.3. The highest BCUT2D eigenvalue weighted by Gasteiger charge is 2.49. The lowest BCUT2D eigenvalue weighted by molar-refractivity contribution is -0.136. The van der Waals surface area contributed by atoms with Crippen LogP contribution in [0, 0.1) is 0 Å². The molecule has 33 heavy (non-hydrogen) atoms. The molecule has 1 aliphatic heterocycles. The van der Waals surface area contributed by atoms with Gasteiger partial charge in [-0.25, -0.2) is 9.69 Å². The first-order valence-electron chi connectivity index (χ1n) is 11.8. The van der Waals surface area contributed by atoms with E-state index >= 15 is 0 Å².